The molecule has 0 aliphatic heterocycles. The Balaban J connectivity index is 2.25. The molecular weight excluding hydrogens is 447 g/mol. The maximum absolute atomic E-state index is 15.0. The summed E-state index contributed by atoms with van der Waals surface area (Å²) in [5.41, 5.74) is 0.549. The first kappa shape index (κ1) is 25.4. The van der Waals surface area contributed by atoms with Crippen LogP contribution in [0.4, 0.5) is 0 Å². The van der Waals surface area contributed by atoms with Crippen LogP contribution in [0.1, 0.15) is 25.5 Å². The van der Waals surface area contributed by atoms with E-state index in [0.717, 1.165) is 0 Å². The number of amides is 1. The Morgan fingerprint density at radius 3 is 1.79 bits per heavy atom. The minimum atomic E-state index is -3.35. The van der Waals surface area contributed by atoms with E-state index in [1.165, 1.54) is 14.2 Å². The number of hydrogen-bond acceptors (Lipinski definition) is 5. The number of benzene rings is 3. The van der Waals surface area contributed by atoms with Crippen LogP contribution in [0, 0.1) is 5.92 Å². The van der Waals surface area contributed by atoms with Crippen molar-refractivity contribution >= 4 is 34.9 Å². The number of rotatable bonds is 9. The Bertz CT molecular complexity index is 1120. The zero-order valence-corrected chi connectivity index (χ0v) is 20.8. The monoisotopic (exact) mass is 478 g/mol. The summed E-state index contributed by atoms with van der Waals surface area (Å²) >= 11 is 0. The number of esters is 1. The molecule has 0 aromatic heterocycles. The minimum Gasteiger partial charge on any atom is -0.468 e. The summed E-state index contributed by atoms with van der Waals surface area (Å²) in [5, 5.41) is 7.73. The van der Waals surface area contributed by atoms with Crippen molar-refractivity contribution in [2.24, 2.45) is 5.92 Å². The summed E-state index contributed by atoms with van der Waals surface area (Å²) < 4.78 is 20.0. The maximum atomic E-state index is 15.0. The van der Waals surface area contributed by atoms with Crippen LogP contribution in [-0.2, 0) is 18.9 Å². The molecule has 7 heteroatoms. The van der Waals surface area contributed by atoms with Crippen molar-refractivity contribution in [1.82, 2.24) is 10.6 Å². The fraction of sp³-hybridized carbons (Fsp3) is 0.259. The third-order valence-corrected chi connectivity index (χ3v) is 8.94. The van der Waals surface area contributed by atoms with Crippen molar-refractivity contribution in [3.8, 4) is 0 Å². The highest BCUT2D eigenvalue weighted by Crippen LogP contribution is 2.44. The molecule has 0 spiro atoms. The van der Waals surface area contributed by atoms with Gasteiger partial charge in [0, 0.05) is 23.0 Å². The van der Waals surface area contributed by atoms with E-state index in [2.05, 4.69) is 10.6 Å². The third-order valence-electron chi connectivity index (χ3n) is 5.80. The van der Waals surface area contributed by atoms with Gasteiger partial charge in [-0.2, -0.15) is 0 Å². The van der Waals surface area contributed by atoms with Gasteiger partial charge in [0.25, 0.3) is 0 Å². The van der Waals surface area contributed by atoms with Crippen molar-refractivity contribution in [2.45, 2.75) is 25.9 Å². The second-order valence-corrected chi connectivity index (χ2v) is 11.0. The summed E-state index contributed by atoms with van der Waals surface area (Å²) in [7, 11) is -0.494. The predicted octanol–water partition coefficient (Wildman–Crippen LogP) is 2.90. The first-order chi connectivity index (χ1) is 16.3. The van der Waals surface area contributed by atoms with Gasteiger partial charge in [0.05, 0.1) is 7.11 Å². The molecular formula is C27H31N2O4P. The van der Waals surface area contributed by atoms with Crippen LogP contribution in [0.2, 0.25) is 0 Å². The lowest BCUT2D eigenvalue weighted by Crippen LogP contribution is -2.49. The van der Waals surface area contributed by atoms with E-state index in [1.807, 2.05) is 80.6 Å². The molecule has 0 saturated carbocycles. The van der Waals surface area contributed by atoms with E-state index in [4.69, 9.17) is 4.74 Å². The minimum absolute atomic E-state index is 0.137. The summed E-state index contributed by atoms with van der Waals surface area (Å²) in [6.45, 7) is 3.75. The molecule has 3 aromatic rings. The molecule has 0 fully saturated rings. The Kier molecular flexibility index (Phi) is 8.43. The van der Waals surface area contributed by atoms with Gasteiger partial charge in [-0.25, -0.2) is 0 Å². The molecule has 34 heavy (non-hydrogen) atoms. The Morgan fingerprint density at radius 2 is 1.32 bits per heavy atom. The molecule has 3 rings (SSSR count). The lowest BCUT2D eigenvalue weighted by molar-refractivity contribution is -0.144. The van der Waals surface area contributed by atoms with Gasteiger partial charge >= 0.3 is 5.97 Å². The standard InChI is InChI=1S/C27H31N2O4P/c1-19(2)24(27(31)33-4)29-25(26(30)28-3)22-17-11-12-18-23(22)34(32,20-13-7-5-8-14-20)21-15-9-6-10-16-21/h5-19,24-25,29H,1-4H3,(H,28,30)/t24-,25?/m0/s1. The second-order valence-electron chi connectivity index (χ2n) is 8.30. The van der Waals surface area contributed by atoms with Gasteiger partial charge in [0.2, 0.25) is 5.91 Å². The highest BCUT2D eigenvalue weighted by molar-refractivity contribution is 7.85. The van der Waals surface area contributed by atoms with Gasteiger partial charge in [0.1, 0.15) is 12.1 Å². The van der Waals surface area contributed by atoms with Crippen molar-refractivity contribution in [3.63, 3.8) is 0 Å². The van der Waals surface area contributed by atoms with Crippen LogP contribution >= 0.6 is 7.14 Å². The van der Waals surface area contributed by atoms with Crippen LogP contribution in [0.3, 0.4) is 0 Å². The molecule has 0 aliphatic carbocycles. The molecule has 6 nitrogen and oxygen atoms in total. The van der Waals surface area contributed by atoms with E-state index >= 15 is 4.57 Å². The van der Waals surface area contributed by atoms with Crippen molar-refractivity contribution < 1.29 is 18.9 Å². The molecule has 0 saturated heterocycles. The number of ether oxygens (including phenoxy) is 1. The summed E-state index contributed by atoms with van der Waals surface area (Å²) in [6, 6.07) is 24.1. The lowest BCUT2D eigenvalue weighted by Gasteiger charge is -2.29. The zero-order valence-electron chi connectivity index (χ0n) is 19.9. The molecule has 1 unspecified atom stereocenters. The van der Waals surface area contributed by atoms with Gasteiger partial charge < -0.3 is 14.6 Å². The van der Waals surface area contributed by atoms with Crippen molar-refractivity contribution in [2.75, 3.05) is 14.2 Å². The van der Waals surface area contributed by atoms with E-state index in [1.54, 1.807) is 18.2 Å². The Hall–Kier alpha value is -3.21. The van der Waals surface area contributed by atoms with Gasteiger partial charge in [-0.1, -0.05) is 98.8 Å². The van der Waals surface area contributed by atoms with Crippen LogP contribution in [0.5, 0.6) is 0 Å². The number of carbonyl (C=O) groups is 2. The molecule has 1 amide bonds. The zero-order chi connectivity index (χ0) is 24.7. The summed E-state index contributed by atoms with van der Waals surface area (Å²) in [6.07, 6.45) is 0. The van der Waals surface area contributed by atoms with Gasteiger partial charge in [0.15, 0.2) is 7.14 Å². The van der Waals surface area contributed by atoms with Crippen LogP contribution in [-0.4, -0.2) is 32.1 Å². The van der Waals surface area contributed by atoms with Crippen molar-refractivity contribution in [3.05, 3.63) is 90.5 Å². The highest BCUT2D eigenvalue weighted by Gasteiger charge is 2.37. The largest absolute Gasteiger partial charge is 0.468 e. The topological polar surface area (TPSA) is 84.5 Å². The van der Waals surface area contributed by atoms with E-state index < -0.39 is 25.2 Å². The van der Waals surface area contributed by atoms with Crippen LogP contribution < -0.4 is 26.5 Å². The molecule has 178 valence electrons. The Labute approximate surface area is 201 Å². The molecule has 3 aromatic carbocycles. The molecule has 2 atom stereocenters. The second kappa shape index (κ2) is 11.3. The lowest BCUT2D eigenvalue weighted by atomic mass is 9.99. The van der Waals surface area contributed by atoms with Crippen LogP contribution in [0.15, 0.2) is 84.9 Å². The average molecular weight is 479 g/mol. The first-order valence-electron chi connectivity index (χ1n) is 11.2. The molecule has 0 aliphatic rings. The van der Waals surface area contributed by atoms with E-state index in [0.29, 0.717) is 21.5 Å². The quantitative estimate of drug-likeness (QED) is 0.365. The Morgan fingerprint density at radius 1 is 0.824 bits per heavy atom. The number of methoxy groups -OCH3 is 1. The van der Waals surface area contributed by atoms with Gasteiger partial charge in [-0.3, -0.25) is 14.9 Å². The smallest absolute Gasteiger partial charge is 0.323 e. The third kappa shape index (κ3) is 5.14. The summed E-state index contributed by atoms with van der Waals surface area (Å²) in [4.78, 5) is 25.6. The van der Waals surface area contributed by atoms with Gasteiger partial charge in [-0.15, -0.1) is 0 Å². The van der Waals surface area contributed by atoms with E-state index in [-0.39, 0.29) is 11.8 Å². The van der Waals surface area contributed by atoms with E-state index in [9.17, 15) is 9.59 Å². The fourth-order valence-electron chi connectivity index (χ4n) is 4.01. The average Bonchev–Trinajstić information content (AvgIpc) is 2.89. The normalized spacial score (nSPS) is 13.2. The number of carbonyl (C=O) groups excluding carboxylic acids is 2. The fourth-order valence-corrected chi connectivity index (χ4v) is 6.91. The van der Waals surface area contributed by atoms with Crippen molar-refractivity contribution in [1.29, 1.82) is 0 Å². The SMILES string of the molecule is CNC(=O)C(N[C@H](C(=O)OC)C(C)C)c1ccccc1P(=O)(c1ccccc1)c1ccccc1. The predicted molar refractivity (Wildman–Crippen MR) is 136 cm³/mol. The maximum Gasteiger partial charge on any atom is 0.323 e. The summed E-state index contributed by atoms with van der Waals surface area (Å²) in [5.74, 6) is -0.938. The van der Waals surface area contributed by atoms with Crippen LogP contribution in [0.25, 0.3) is 0 Å². The number of nitrogens with one attached hydrogen (secondary N) is 2. The number of hydrogen-bond donors (Lipinski definition) is 2. The molecule has 0 bridgehead atoms. The first-order valence-corrected chi connectivity index (χ1v) is 12.9. The highest BCUT2D eigenvalue weighted by atomic mass is 31.2. The molecule has 0 radical (unpaired) electrons. The van der Waals surface area contributed by atoms with Gasteiger partial charge in [-0.05, 0) is 11.5 Å². The molecule has 0 heterocycles. The molecule has 2 N–H and O–H groups in total. The number of likely N-dealkylation sites (N-methyl/N-ethyl adjacent to an activating group) is 1.